The average molecular weight is 563 g/mol. The molecule has 11 heteroatoms. The molecule has 1 atom stereocenters. The van der Waals surface area contributed by atoms with E-state index in [1.54, 1.807) is 31.2 Å². The monoisotopic (exact) mass is 562 g/mol. The third kappa shape index (κ3) is 5.65. The van der Waals surface area contributed by atoms with Crippen LogP contribution in [0.25, 0.3) is 5.57 Å². The van der Waals surface area contributed by atoms with Gasteiger partial charge in [0, 0.05) is 24.4 Å². The lowest BCUT2D eigenvalue weighted by molar-refractivity contribution is -0.201. The Labute approximate surface area is 231 Å². The first kappa shape index (κ1) is 27.5. The van der Waals surface area contributed by atoms with Gasteiger partial charge in [0.25, 0.3) is 11.8 Å². The first-order valence-electron chi connectivity index (χ1n) is 12.4. The van der Waals surface area contributed by atoms with E-state index in [4.69, 9.17) is 4.74 Å². The van der Waals surface area contributed by atoms with Crippen LogP contribution in [0.4, 0.5) is 23.2 Å². The van der Waals surface area contributed by atoms with Crippen LogP contribution in [-0.4, -0.2) is 28.0 Å². The van der Waals surface area contributed by atoms with Gasteiger partial charge in [0.1, 0.15) is 23.5 Å². The Kier molecular flexibility index (Phi) is 7.27. The molecule has 3 aromatic carbocycles. The van der Waals surface area contributed by atoms with Crippen LogP contribution in [0.3, 0.4) is 0 Å². The average Bonchev–Trinajstić information content (AvgIpc) is 2.94. The number of hydrogen-bond acceptors (Lipinski definition) is 5. The number of anilines is 1. The molecule has 1 unspecified atom stereocenters. The molecule has 0 aliphatic carbocycles. The Hall–Kier alpha value is -5.06. The summed E-state index contributed by atoms with van der Waals surface area (Å²) >= 11 is 0. The smallest absolute Gasteiger partial charge is 0.416 e. The summed E-state index contributed by atoms with van der Waals surface area (Å²) in [5.41, 5.74) is -2.37. The molecular weight excluding hydrogens is 540 g/mol. The topological polar surface area (TPSA) is 93.2 Å². The maximum atomic E-state index is 14.9. The minimum atomic E-state index is -4.95. The Morgan fingerprint density at radius 1 is 0.976 bits per heavy atom. The molecule has 7 nitrogen and oxygen atoms in total. The molecule has 2 heterocycles. The predicted octanol–water partition coefficient (Wildman–Crippen LogP) is 6.09. The second-order valence-corrected chi connectivity index (χ2v) is 9.39. The van der Waals surface area contributed by atoms with Crippen molar-refractivity contribution in [3.05, 3.63) is 119 Å². The number of aryl methyl sites for hydroxylation is 1. The molecule has 0 fully saturated rings. The van der Waals surface area contributed by atoms with Crippen molar-refractivity contribution in [3.63, 3.8) is 0 Å². The predicted molar refractivity (Wildman–Crippen MR) is 142 cm³/mol. The first-order valence-corrected chi connectivity index (χ1v) is 12.4. The van der Waals surface area contributed by atoms with E-state index in [-0.39, 0.29) is 34.0 Å². The fourth-order valence-electron chi connectivity index (χ4n) is 4.54. The number of amides is 2. The van der Waals surface area contributed by atoms with Crippen LogP contribution >= 0.6 is 0 Å². The van der Waals surface area contributed by atoms with Crippen molar-refractivity contribution in [2.45, 2.75) is 25.1 Å². The highest BCUT2D eigenvalue weighted by Gasteiger charge is 2.60. The molecule has 0 saturated heterocycles. The highest BCUT2D eigenvalue weighted by molar-refractivity contribution is 6.28. The molecule has 5 rings (SSSR count). The zero-order valence-corrected chi connectivity index (χ0v) is 21.5. The van der Waals surface area contributed by atoms with Crippen molar-refractivity contribution in [1.29, 1.82) is 0 Å². The van der Waals surface area contributed by atoms with Crippen molar-refractivity contribution in [1.82, 2.24) is 15.3 Å². The molecule has 4 aromatic rings. The normalized spacial score (nSPS) is 17.1. The van der Waals surface area contributed by atoms with Gasteiger partial charge < -0.3 is 15.4 Å². The zero-order chi connectivity index (χ0) is 29.2. The van der Waals surface area contributed by atoms with E-state index in [2.05, 4.69) is 20.6 Å². The number of carbonyl (C=O) groups is 2. The number of benzene rings is 3. The van der Waals surface area contributed by atoms with Gasteiger partial charge >= 0.3 is 6.18 Å². The van der Waals surface area contributed by atoms with E-state index in [0.29, 0.717) is 0 Å². The lowest BCUT2D eigenvalue weighted by atomic mass is 9.76. The fraction of sp³-hybridized carbons (Fsp3) is 0.133. The summed E-state index contributed by atoms with van der Waals surface area (Å²) in [6, 6.07) is 17.9. The SMILES string of the molecule is Cc1ccc(C2=C(C(=O)Nc3ccc(F)cc3)C(=O)NC(c3ccc(Oc4ccncn4)cc3)(C(F)(F)F)C2)cc1. The third-order valence-corrected chi connectivity index (χ3v) is 6.64. The van der Waals surface area contributed by atoms with Crippen molar-refractivity contribution in [2.75, 3.05) is 5.32 Å². The molecule has 1 aromatic heterocycles. The summed E-state index contributed by atoms with van der Waals surface area (Å²) in [6.45, 7) is 1.80. The summed E-state index contributed by atoms with van der Waals surface area (Å²) in [5.74, 6) is -2.24. The summed E-state index contributed by atoms with van der Waals surface area (Å²) in [6.07, 6.45) is -2.99. The van der Waals surface area contributed by atoms with Crippen molar-refractivity contribution >= 4 is 23.1 Å². The van der Waals surface area contributed by atoms with Gasteiger partial charge in [-0.25, -0.2) is 14.4 Å². The second kappa shape index (κ2) is 10.8. The second-order valence-electron chi connectivity index (χ2n) is 9.39. The van der Waals surface area contributed by atoms with Crippen LogP contribution in [0, 0.1) is 12.7 Å². The van der Waals surface area contributed by atoms with E-state index in [1.807, 2.05) is 0 Å². The van der Waals surface area contributed by atoms with Gasteiger partial charge in [-0.05, 0) is 60.0 Å². The zero-order valence-electron chi connectivity index (χ0n) is 21.5. The summed E-state index contributed by atoms with van der Waals surface area (Å²) < 4.78 is 63.8. The van der Waals surface area contributed by atoms with Crippen LogP contribution in [0.1, 0.15) is 23.1 Å². The fourth-order valence-corrected chi connectivity index (χ4v) is 4.54. The molecule has 2 N–H and O–H groups in total. The Morgan fingerprint density at radius 3 is 2.27 bits per heavy atom. The maximum Gasteiger partial charge on any atom is 0.416 e. The van der Waals surface area contributed by atoms with E-state index < -0.39 is 41.3 Å². The molecule has 0 radical (unpaired) electrons. The Balaban J connectivity index is 1.57. The lowest BCUT2D eigenvalue weighted by Gasteiger charge is -2.41. The third-order valence-electron chi connectivity index (χ3n) is 6.64. The number of ether oxygens (including phenoxy) is 1. The number of aromatic nitrogens is 2. The first-order chi connectivity index (χ1) is 19.6. The van der Waals surface area contributed by atoms with Crippen LogP contribution in [0.15, 0.2) is 97.0 Å². The minimum Gasteiger partial charge on any atom is -0.439 e. The Bertz CT molecular complexity index is 1610. The number of alkyl halides is 3. The van der Waals surface area contributed by atoms with Crippen molar-refractivity contribution < 1.29 is 31.9 Å². The molecule has 41 heavy (non-hydrogen) atoms. The molecule has 1 aliphatic rings. The molecule has 208 valence electrons. The molecule has 0 bridgehead atoms. The standard InChI is InChI=1S/C30H22F4N4O3/c1-18-2-4-19(5-3-18)24-16-29(30(32,33)34,20-6-12-23(13-7-20)41-25-14-15-35-17-36-25)38-28(40)26(24)27(39)37-22-10-8-21(31)9-11-22/h2-15,17H,16H2,1H3,(H,37,39)(H,38,40). The van der Waals surface area contributed by atoms with E-state index >= 15 is 0 Å². The summed E-state index contributed by atoms with van der Waals surface area (Å²) in [7, 11) is 0. The number of halogens is 4. The van der Waals surface area contributed by atoms with E-state index in [0.717, 1.165) is 17.7 Å². The summed E-state index contributed by atoms with van der Waals surface area (Å²) in [5, 5.41) is 4.57. The quantitative estimate of drug-likeness (QED) is 0.219. The van der Waals surface area contributed by atoms with Gasteiger partial charge in [0.2, 0.25) is 5.88 Å². The number of hydrogen-bond donors (Lipinski definition) is 2. The molecule has 0 spiro atoms. The van der Waals surface area contributed by atoms with Gasteiger partial charge in [-0.1, -0.05) is 42.0 Å². The molecule has 2 amide bonds. The maximum absolute atomic E-state index is 14.9. The minimum absolute atomic E-state index is 0.0907. The van der Waals surface area contributed by atoms with Crippen LogP contribution in [-0.2, 0) is 15.1 Å². The highest BCUT2D eigenvalue weighted by Crippen LogP contribution is 2.48. The Morgan fingerprint density at radius 2 is 1.66 bits per heavy atom. The molecule has 0 saturated carbocycles. The van der Waals surface area contributed by atoms with Gasteiger partial charge in [-0.3, -0.25) is 9.59 Å². The van der Waals surface area contributed by atoms with E-state index in [9.17, 15) is 27.2 Å². The van der Waals surface area contributed by atoms with Crippen LogP contribution in [0.5, 0.6) is 11.6 Å². The van der Waals surface area contributed by atoms with Gasteiger partial charge in [0.05, 0.1) is 0 Å². The number of nitrogens with one attached hydrogen (secondary N) is 2. The van der Waals surface area contributed by atoms with Crippen LogP contribution < -0.4 is 15.4 Å². The largest absolute Gasteiger partial charge is 0.439 e. The van der Waals surface area contributed by atoms with Crippen molar-refractivity contribution in [2.24, 2.45) is 0 Å². The van der Waals surface area contributed by atoms with Crippen LogP contribution in [0.2, 0.25) is 0 Å². The number of rotatable bonds is 6. The summed E-state index contributed by atoms with van der Waals surface area (Å²) in [4.78, 5) is 34.5. The molecule has 1 aliphatic heterocycles. The van der Waals surface area contributed by atoms with Crippen molar-refractivity contribution in [3.8, 4) is 11.6 Å². The number of nitrogens with zero attached hydrogens (tertiary/aromatic N) is 2. The highest BCUT2D eigenvalue weighted by atomic mass is 19.4. The van der Waals surface area contributed by atoms with E-state index in [1.165, 1.54) is 55.0 Å². The number of carbonyl (C=O) groups excluding carboxylic acids is 2. The lowest BCUT2D eigenvalue weighted by Crippen LogP contribution is -2.59. The molecular formula is C30H22F4N4O3. The van der Waals surface area contributed by atoms with Gasteiger partial charge in [-0.15, -0.1) is 0 Å². The van der Waals surface area contributed by atoms with Gasteiger partial charge in [0.15, 0.2) is 5.54 Å². The van der Waals surface area contributed by atoms with Gasteiger partial charge in [-0.2, -0.15) is 13.2 Å².